The maximum absolute atomic E-state index is 11.4. The molecule has 1 aliphatic rings. The van der Waals surface area contributed by atoms with Crippen molar-refractivity contribution in [2.75, 3.05) is 6.54 Å². The van der Waals surface area contributed by atoms with E-state index in [1.165, 1.54) is 4.90 Å². The summed E-state index contributed by atoms with van der Waals surface area (Å²) in [5, 5.41) is 10.3. The van der Waals surface area contributed by atoms with Gasteiger partial charge in [0.05, 0.1) is 16.3 Å². The summed E-state index contributed by atoms with van der Waals surface area (Å²) in [6, 6.07) is 16.3. The van der Waals surface area contributed by atoms with Crippen molar-refractivity contribution in [3.8, 4) is 11.1 Å². The van der Waals surface area contributed by atoms with Gasteiger partial charge < -0.3 is 5.11 Å². The Labute approximate surface area is 138 Å². The molecule has 2 aromatic carbocycles. The molecule has 23 heavy (non-hydrogen) atoms. The smallest absolute Gasteiger partial charge is 0.407 e. The van der Waals surface area contributed by atoms with E-state index in [-0.39, 0.29) is 6.04 Å². The second-order valence-corrected chi connectivity index (χ2v) is 6.77. The van der Waals surface area contributed by atoms with Crippen LogP contribution < -0.4 is 0 Å². The predicted molar refractivity (Wildman–Crippen MR) is 91.8 cm³/mol. The van der Waals surface area contributed by atoms with Crippen molar-refractivity contribution in [1.29, 1.82) is 0 Å². The van der Waals surface area contributed by atoms with Crippen molar-refractivity contribution in [3.05, 3.63) is 53.5 Å². The van der Waals surface area contributed by atoms with E-state index in [0.29, 0.717) is 6.54 Å². The van der Waals surface area contributed by atoms with E-state index in [4.69, 9.17) is 4.98 Å². The highest BCUT2D eigenvalue weighted by atomic mass is 32.1. The van der Waals surface area contributed by atoms with Crippen LogP contribution in [0.1, 0.15) is 23.9 Å². The molecule has 2 heterocycles. The lowest BCUT2D eigenvalue weighted by molar-refractivity contribution is 0.140. The average Bonchev–Trinajstić information content (AvgIpc) is 3.21. The van der Waals surface area contributed by atoms with Gasteiger partial charge in [-0.3, -0.25) is 4.90 Å². The van der Waals surface area contributed by atoms with Crippen LogP contribution in [0.2, 0.25) is 0 Å². The quantitative estimate of drug-likeness (QED) is 0.738. The molecular formula is C18H16N2O2S. The van der Waals surface area contributed by atoms with Gasteiger partial charge in [-0.25, -0.2) is 9.78 Å². The van der Waals surface area contributed by atoms with Crippen LogP contribution in [-0.4, -0.2) is 27.6 Å². The monoisotopic (exact) mass is 324 g/mol. The summed E-state index contributed by atoms with van der Waals surface area (Å²) >= 11 is 1.61. The first-order valence-corrected chi connectivity index (χ1v) is 8.50. The maximum Gasteiger partial charge on any atom is 0.407 e. The molecule has 0 saturated carbocycles. The molecule has 4 nitrogen and oxygen atoms in total. The number of carbonyl (C=O) groups is 1. The van der Waals surface area contributed by atoms with E-state index in [2.05, 4.69) is 24.3 Å². The Kier molecular flexibility index (Phi) is 3.50. The van der Waals surface area contributed by atoms with E-state index in [9.17, 15) is 9.90 Å². The standard InChI is InChI=1S/C18H16N2O2S/c21-18(22)20-11-5-9-14(20)17-19-16-13(8-4-10-15(16)23-17)12-6-2-1-3-7-12/h1-4,6-8,10,14H,5,9,11H2,(H,21,22). The van der Waals surface area contributed by atoms with Crippen molar-refractivity contribution in [1.82, 2.24) is 9.88 Å². The van der Waals surface area contributed by atoms with Crippen LogP contribution in [0.3, 0.4) is 0 Å². The van der Waals surface area contributed by atoms with Gasteiger partial charge in [0.25, 0.3) is 0 Å². The number of amides is 1. The van der Waals surface area contributed by atoms with Crippen molar-refractivity contribution >= 4 is 27.6 Å². The van der Waals surface area contributed by atoms with Crippen molar-refractivity contribution in [2.45, 2.75) is 18.9 Å². The third-order valence-corrected chi connectivity index (χ3v) is 5.43. The van der Waals surface area contributed by atoms with E-state index < -0.39 is 6.09 Å². The lowest BCUT2D eigenvalue weighted by Gasteiger charge is -2.18. The lowest BCUT2D eigenvalue weighted by Crippen LogP contribution is -2.28. The average molecular weight is 324 g/mol. The highest BCUT2D eigenvalue weighted by Crippen LogP contribution is 2.39. The van der Waals surface area contributed by atoms with E-state index >= 15 is 0 Å². The number of rotatable bonds is 2. The number of hydrogen-bond acceptors (Lipinski definition) is 3. The first-order valence-electron chi connectivity index (χ1n) is 7.68. The fourth-order valence-corrected chi connectivity index (χ4v) is 4.35. The van der Waals surface area contributed by atoms with Crippen LogP contribution in [0.15, 0.2) is 48.5 Å². The first-order chi connectivity index (χ1) is 11.2. The lowest BCUT2D eigenvalue weighted by atomic mass is 10.0. The van der Waals surface area contributed by atoms with Gasteiger partial charge in [-0.15, -0.1) is 11.3 Å². The molecule has 1 aromatic heterocycles. The minimum atomic E-state index is -0.852. The number of aromatic nitrogens is 1. The molecule has 1 N–H and O–H groups in total. The Bertz CT molecular complexity index is 860. The Morgan fingerprint density at radius 1 is 1.17 bits per heavy atom. The zero-order chi connectivity index (χ0) is 15.8. The summed E-state index contributed by atoms with van der Waals surface area (Å²) in [4.78, 5) is 17.7. The van der Waals surface area contributed by atoms with Gasteiger partial charge >= 0.3 is 6.09 Å². The number of likely N-dealkylation sites (tertiary alicyclic amines) is 1. The van der Waals surface area contributed by atoms with E-state index in [1.54, 1.807) is 11.3 Å². The summed E-state index contributed by atoms with van der Waals surface area (Å²) < 4.78 is 1.11. The minimum absolute atomic E-state index is 0.103. The number of thiazole rings is 1. The van der Waals surface area contributed by atoms with Gasteiger partial charge in [0.1, 0.15) is 5.01 Å². The number of carboxylic acid groups (broad SMARTS) is 1. The highest BCUT2D eigenvalue weighted by Gasteiger charge is 2.32. The highest BCUT2D eigenvalue weighted by molar-refractivity contribution is 7.18. The molecule has 1 saturated heterocycles. The number of hydrogen-bond donors (Lipinski definition) is 1. The summed E-state index contributed by atoms with van der Waals surface area (Å²) in [5.74, 6) is 0. The summed E-state index contributed by atoms with van der Waals surface area (Å²) in [6.45, 7) is 0.599. The van der Waals surface area contributed by atoms with Gasteiger partial charge in [0.2, 0.25) is 0 Å². The van der Waals surface area contributed by atoms with Gasteiger partial charge in [-0.2, -0.15) is 0 Å². The molecule has 1 atom stereocenters. The van der Waals surface area contributed by atoms with E-state index in [1.807, 2.05) is 24.3 Å². The number of fused-ring (bicyclic) bond motifs is 1. The second kappa shape index (κ2) is 5.66. The van der Waals surface area contributed by atoms with Crippen LogP contribution in [0.25, 0.3) is 21.3 Å². The molecular weight excluding hydrogens is 308 g/mol. The van der Waals surface area contributed by atoms with Crippen molar-refractivity contribution < 1.29 is 9.90 Å². The predicted octanol–water partition coefficient (Wildman–Crippen LogP) is 4.78. The fourth-order valence-electron chi connectivity index (χ4n) is 3.21. The van der Waals surface area contributed by atoms with Gasteiger partial charge in [0, 0.05) is 12.1 Å². The summed E-state index contributed by atoms with van der Waals surface area (Å²) in [5.41, 5.74) is 3.21. The number of para-hydroxylation sites is 1. The third-order valence-electron chi connectivity index (χ3n) is 4.30. The zero-order valence-electron chi connectivity index (χ0n) is 12.5. The molecule has 5 heteroatoms. The maximum atomic E-state index is 11.4. The largest absolute Gasteiger partial charge is 0.465 e. The Morgan fingerprint density at radius 2 is 2.00 bits per heavy atom. The Balaban J connectivity index is 1.81. The van der Waals surface area contributed by atoms with Crippen LogP contribution in [0.5, 0.6) is 0 Å². The van der Waals surface area contributed by atoms with Crippen LogP contribution in [0, 0.1) is 0 Å². The number of benzene rings is 2. The van der Waals surface area contributed by atoms with Crippen LogP contribution in [-0.2, 0) is 0 Å². The van der Waals surface area contributed by atoms with Gasteiger partial charge in [-0.1, -0.05) is 42.5 Å². The molecule has 0 bridgehead atoms. The van der Waals surface area contributed by atoms with Gasteiger partial charge in [-0.05, 0) is 24.5 Å². The second-order valence-electron chi connectivity index (χ2n) is 5.70. The van der Waals surface area contributed by atoms with Gasteiger partial charge in [0.15, 0.2) is 0 Å². The molecule has 0 radical (unpaired) electrons. The molecule has 3 aromatic rings. The first kappa shape index (κ1) is 14.2. The summed E-state index contributed by atoms with van der Waals surface area (Å²) in [6.07, 6.45) is 0.903. The van der Waals surface area contributed by atoms with Crippen LogP contribution >= 0.6 is 11.3 Å². The fraction of sp³-hybridized carbons (Fsp3) is 0.222. The topological polar surface area (TPSA) is 53.4 Å². The molecule has 0 spiro atoms. The Hall–Kier alpha value is -2.40. The van der Waals surface area contributed by atoms with Crippen molar-refractivity contribution in [2.24, 2.45) is 0 Å². The normalized spacial score (nSPS) is 17.7. The summed E-state index contributed by atoms with van der Waals surface area (Å²) in [7, 11) is 0. The zero-order valence-corrected chi connectivity index (χ0v) is 13.3. The van der Waals surface area contributed by atoms with Crippen molar-refractivity contribution in [3.63, 3.8) is 0 Å². The van der Waals surface area contributed by atoms with Crippen LogP contribution in [0.4, 0.5) is 4.79 Å². The third kappa shape index (κ3) is 2.47. The number of nitrogens with zero attached hydrogens (tertiary/aromatic N) is 2. The molecule has 1 amide bonds. The molecule has 0 aliphatic carbocycles. The molecule has 116 valence electrons. The molecule has 1 fully saturated rings. The molecule has 1 unspecified atom stereocenters. The molecule has 4 rings (SSSR count). The SMILES string of the molecule is O=C(O)N1CCCC1c1nc2c(-c3ccccc3)cccc2s1. The minimum Gasteiger partial charge on any atom is -0.465 e. The van der Waals surface area contributed by atoms with E-state index in [0.717, 1.165) is 39.2 Å². The molecule has 1 aliphatic heterocycles. The Morgan fingerprint density at radius 3 is 2.78 bits per heavy atom.